The standard InChI is InChI=1S/C15H17ClN4/c16-14-10-17-15(18-11-14)20-8-6-19(7-9-20)12-13-4-2-1-3-5-13/h1-5,10-11H,6-9,12H2. The highest BCUT2D eigenvalue weighted by molar-refractivity contribution is 6.30. The van der Waals surface area contributed by atoms with Crippen LogP contribution >= 0.6 is 11.6 Å². The Morgan fingerprint density at radius 1 is 0.950 bits per heavy atom. The lowest BCUT2D eigenvalue weighted by Gasteiger charge is -2.34. The van der Waals surface area contributed by atoms with E-state index in [1.807, 2.05) is 0 Å². The van der Waals surface area contributed by atoms with Crippen LogP contribution in [0.1, 0.15) is 5.56 Å². The number of aromatic nitrogens is 2. The van der Waals surface area contributed by atoms with Gasteiger partial charge in [-0.05, 0) is 5.56 Å². The highest BCUT2D eigenvalue weighted by Crippen LogP contribution is 2.14. The first-order chi connectivity index (χ1) is 9.81. The fourth-order valence-electron chi connectivity index (χ4n) is 2.42. The second-order valence-electron chi connectivity index (χ2n) is 4.95. The maximum Gasteiger partial charge on any atom is 0.225 e. The van der Waals surface area contributed by atoms with Crippen molar-refractivity contribution in [1.82, 2.24) is 14.9 Å². The van der Waals surface area contributed by atoms with Crippen LogP contribution in [0.25, 0.3) is 0 Å². The van der Waals surface area contributed by atoms with Crippen molar-refractivity contribution in [1.29, 1.82) is 0 Å². The van der Waals surface area contributed by atoms with Crippen LogP contribution in [0.5, 0.6) is 0 Å². The predicted molar refractivity (Wildman–Crippen MR) is 81.0 cm³/mol. The molecule has 2 heterocycles. The molecule has 0 unspecified atom stereocenters. The summed E-state index contributed by atoms with van der Waals surface area (Å²) in [6.45, 7) is 4.97. The highest BCUT2D eigenvalue weighted by atomic mass is 35.5. The van der Waals surface area contributed by atoms with Gasteiger partial charge in [-0.2, -0.15) is 0 Å². The van der Waals surface area contributed by atoms with Crippen LogP contribution in [0, 0.1) is 0 Å². The molecule has 0 amide bonds. The lowest BCUT2D eigenvalue weighted by Crippen LogP contribution is -2.46. The number of benzene rings is 1. The molecule has 20 heavy (non-hydrogen) atoms. The second-order valence-corrected chi connectivity index (χ2v) is 5.39. The van der Waals surface area contributed by atoms with Crippen LogP contribution in [0.2, 0.25) is 5.02 Å². The molecule has 4 nitrogen and oxygen atoms in total. The van der Waals surface area contributed by atoms with Gasteiger partial charge in [0.1, 0.15) is 0 Å². The lowest BCUT2D eigenvalue weighted by molar-refractivity contribution is 0.248. The highest BCUT2D eigenvalue weighted by Gasteiger charge is 2.18. The van der Waals surface area contributed by atoms with Gasteiger partial charge in [0.15, 0.2) is 0 Å². The fraction of sp³-hybridized carbons (Fsp3) is 0.333. The molecule has 1 saturated heterocycles. The SMILES string of the molecule is Clc1cnc(N2CCN(Cc3ccccc3)CC2)nc1. The van der Waals surface area contributed by atoms with Crippen LogP contribution in [-0.4, -0.2) is 41.0 Å². The van der Waals surface area contributed by atoms with Crippen LogP contribution in [0.3, 0.4) is 0 Å². The summed E-state index contributed by atoms with van der Waals surface area (Å²) in [4.78, 5) is 13.2. The van der Waals surface area contributed by atoms with Crippen molar-refractivity contribution in [2.45, 2.75) is 6.54 Å². The van der Waals surface area contributed by atoms with Gasteiger partial charge in [-0.15, -0.1) is 0 Å². The van der Waals surface area contributed by atoms with Gasteiger partial charge >= 0.3 is 0 Å². The van der Waals surface area contributed by atoms with E-state index >= 15 is 0 Å². The number of piperazine rings is 1. The fourth-order valence-corrected chi connectivity index (χ4v) is 2.51. The summed E-state index contributed by atoms with van der Waals surface area (Å²) in [5.74, 6) is 0.772. The van der Waals surface area contributed by atoms with Gasteiger partial charge in [0.25, 0.3) is 0 Å². The Balaban J connectivity index is 1.55. The maximum absolute atomic E-state index is 5.81. The molecule has 1 aromatic carbocycles. The normalized spacial score (nSPS) is 16.4. The summed E-state index contributed by atoms with van der Waals surface area (Å²) in [6.07, 6.45) is 3.31. The van der Waals surface area contributed by atoms with Gasteiger partial charge in [0.05, 0.1) is 17.4 Å². The van der Waals surface area contributed by atoms with Crippen molar-refractivity contribution in [2.75, 3.05) is 31.1 Å². The van der Waals surface area contributed by atoms with Crippen molar-refractivity contribution < 1.29 is 0 Å². The van der Waals surface area contributed by atoms with Gasteiger partial charge in [0, 0.05) is 32.7 Å². The molecule has 0 spiro atoms. The molecule has 104 valence electrons. The average Bonchev–Trinajstić information content (AvgIpc) is 2.50. The monoisotopic (exact) mass is 288 g/mol. The van der Waals surface area contributed by atoms with E-state index in [0.29, 0.717) is 5.02 Å². The molecule has 0 N–H and O–H groups in total. The van der Waals surface area contributed by atoms with E-state index in [4.69, 9.17) is 11.6 Å². The minimum absolute atomic E-state index is 0.580. The summed E-state index contributed by atoms with van der Waals surface area (Å²) in [6, 6.07) is 10.6. The summed E-state index contributed by atoms with van der Waals surface area (Å²) in [5, 5.41) is 0.580. The van der Waals surface area contributed by atoms with Gasteiger partial charge in [-0.25, -0.2) is 9.97 Å². The van der Waals surface area contributed by atoms with E-state index < -0.39 is 0 Å². The van der Waals surface area contributed by atoms with E-state index in [1.165, 1.54) is 5.56 Å². The van der Waals surface area contributed by atoms with Crippen molar-refractivity contribution in [3.8, 4) is 0 Å². The van der Waals surface area contributed by atoms with Gasteiger partial charge in [0.2, 0.25) is 5.95 Å². The van der Waals surface area contributed by atoms with Crippen molar-refractivity contribution in [3.63, 3.8) is 0 Å². The maximum atomic E-state index is 5.81. The molecular formula is C15H17ClN4. The molecule has 0 bridgehead atoms. The zero-order valence-electron chi connectivity index (χ0n) is 11.2. The summed E-state index contributed by atoms with van der Waals surface area (Å²) in [5.41, 5.74) is 1.36. The molecule has 0 radical (unpaired) electrons. The Bertz CT molecular complexity index is 536. The van der Waals surface area contributed by atoms with Gasteiger partial charge < -0.3 is 4.90 Å². The van der Waals surface area contributed by atoms with Crippen LogP contribution in [-0.2, 0) is 6.54 Å². The molecule has 3 rings (SSSR count). The molecule has 2 aromatic rings. The van der Waals surface area contributed by atoms with E-state index in [0.717, 1.165) is 38.7 Å². The number of hydrogen-bond donors (Lipinski definition) is 0. The smallest absolute Gasteiger partial charge is 0.225 e. The molecule has 1 fully saturated rings. The Morgan fingerprint density at radius 2 is 1.60 bits per heavy atom. The molecule has 0 saturated carbocycles. The first-order valence-corrected chi connectivity index (χ1v) is 7.18. The topological polar surface area (TPSA) is 32.3 Å². The largest absolute Gasteiger partial charge is 0.338 e. The first-order valence-electron chi connectivity index (χ1n) is 6.80. The third-order valence-corrected chi connectivity index (χ3v) is 3.71. The minimum Gasteiger partial charge on any atom is -0.338 e. The van der Waals surface area contributed by atoms with Gasteiger partial charge in [-0.1, -0.05) is 41.9 Å². The molecule has 1 aliphatic rings. The molecule has 0 aliphatic carbocycles. The molecule has 1 aliphatic heterocycles. The predicted octanol–water partition coefficient (Wildman–Crippen LogP) is 2.45. The van der Waals surface area contributed by atoms with E-state index in [9.17, 15) is 0 Å². The van der Waals surface area contributed by atoms with Crippen LogP contribution < -0.4 is 4.90 Å². The second kappa shape index (κ2) is 6.20. The number of halogens is 1. The molecule has 1 aromatic heterocycles. The Morgan fingerprint density at radius 3 is 2.25 bits per heavy atom. The quantitative estimate of drug-likeness (QED) is 0.868. The number of rotatable bonds is 3. The molecule has 5 heteroatoms. The number of nitrogens with zero attached hydrogens (tertiary/aromatic N) is 4. The third kappa shape index (κ3) is 3.26. The van der Waals surface area contributed by atoms with Crippen LogP contribution in [0.4, 0.5) is 5.95 Å². The number of anilines is 1. The average molecular weight is 289 g/mol. The van der Waals surface area contributed by atoms with Crippen molar-refractivity contribution in [3.05, 3.63) is 53.3 Å². The van der Waals surface area contributed by atoms with Crippen molar-refractivity contribution in [2.24, 2.45) is 0 Å². The summed E-state index contributed by atoms with van der Waals surface area (Å²) in [7, 11) is 0. The van der Waals surface area contributed by atoms with Crippen LogP contribution in [0.15, 0.2) is 42.7 Å². The Labute approximate surface area is 124 Å². The van der Waals surface area contributed by atoms with E-state index in [2.05, 4.69) is 50.1 Å². The van der Waals surface area contributed by atoms with Gasteiger partial charge in [-0.3, -0.25) is 4.90 Å². The lowest BCUT2D eigenvalue weighted by atomic mass is 10.2. The Hall–Kier alpha value is -1.65. The first kappa shape index (κ1) is 13.3. The zero-order chi connectivity index (χ0) is 13.8. The van der Waals surface area contributed by atoms with E-state index in [-0.39, 0.29) is 0 Å². The zero-order valence-corrected chi connectivity index (χ0v) is 12.0. The number of hydrogen-bond acceptors (Lipinski definition) is 4. The third-order valence-electron chi connectivity index (χ3n) is 3.51. The Kier molecular flexibility index (Phi) is 4.14. The minimum atomic E-state index is 0.580. The van der Waals surface area contributed by atoms with Crippen molar-refractivity contribution >= 4 is 17.5 Å². The van der Waals surface area contributed by atoms with E-state index in [1.54, 1.807) is 12.4 Å². The molecular weight excluding hydrogens is 272 g/mol. The summed E-state index contributed by atoms with van der Waals surface area (Å²) >= 11 is 5.81. The molecule has 0 atom stereocenters. The summed E-state index contributed by atoms with van der Waals surface area (Å²) < 4.78 is 0.